The molecule has 0 aliphatic carbocycles. The van der Waals surface area contributed by atoms with E-state index in [2.05, 4.69) is 65.6 Å². The minimum atomic E-state index is -0.652. The van der Waals surface area contributed by atoms with Gasteiger partial charge >= 0.3 is 5.97 Å². The summed E-state index contributed by atoms with van der Waals surface area (Å²) in [5.74, 6) is -1.61. The molecular weight excluding hydrogens is 767 g/mol. The highest BCUT2D eigenvalue weighted by Crippen LogP contribution is 2.40. The monoisotopic (exact) mass is 803 g/mol. The molecule has 1 aliphatic rings. The van der Waals surface area contributed by atoms with Crippen LogP contribution in [0.15, 0.2) is 126 Å². The lowest BCUT2D eigenvalue weighted by Gasteiger charge is -2.27. The van der Waals surface area contributed by atoms with E-state index in [9.17, 15) is 19.6 Å². The number of amides is 2. The summed E-state index contributed by atoms with van der Waals surface area (Å²) in [4.78, 5) is 46.2. The summed E-state index contributed by atoms with van der Waals surface area (Å²) in [5, 5.41) is 9.83. The van der Waals surface area contributed by atoms with Crippen molar-refractivity contribution in [3.05, 3.63) is 131 Å². The van der Waals surface area contributed by atoms with Crippen LogP contribution in [0.3, 0.4) is 0 Å². The summed E-state index contributed by atoms with van der Waals surface area (Å²) >= 11 is 9.37. The van der Waals surface area contributed by atoms with Crippen molar-refractivity contribution >= 4 is 92.0 Å². The molecule has 1 aliphatic heterocycles. The van der Waals surface area contributed by atoms with Gasteiger partial charge in [-0.15, -0.1) is 22.7 Å². The number of para-hydroxylation sites is 2. The van der Waals surface area contributed by atoms with Crippen molar-refractivity contribution in [1.82, 2.24) is 4.90 Å². The average molecular weight is 804 g/mol. The molecule has 278 valence electrons. The minimum Gasteiger partial charge on any atom is -0.479 e. The number of anilines is 3. The quantitative estimate of drug-likeness (QED) is 0.0357. The van der Waals surface area contributed by atoms with Crippen LogP contribution in [0.4, 0.5) is 17.1 Å². The number of imide groups is 1. The van der Waals surface area contributed by atoms with E-state index in [0.29, 0.717) is 12.2 Å². The lowest BCUT2D eigenvalue weighted by Crippen LogP contribution is -2.43. The fourth-order valence-electron chi connectivity index (χ4n) is 5.83. The van der Waals surface area contributed by atoms with Crippen molar-refractivity contribution in [2.24, 2.45) is 0 Å². The topological polar surface area (TPSA) is 99.9 Å². The molecule has 12 heteroatoms. The van der Waals surface area contributed by atoms with Crippen LogP contribution < -0.4 is 4.90 Å². The summed E-state index contributed by atoms with van der Waals surface area (Å²) < 4.78 is 10.8. The summed E-state index contributed by atoms with van der Waals surface area (Å²) in [6.07, 6.45) is 2.77. The summed E-state index contributed by atoms with van der Waals surface area (Å²) in [7, 11) is 0. The molecule has 0 N–H and O–H groups in total. The van der Waals surface area contributed by atoms with Gasteiger partial charge in [0.25, 0.3) is 11.8 Å². The van der Waals surface area contributed by atoms with Crippen LogP contribution in [0.25, 0.3) is 26.3 Å². The van der Waals surface area contributed by atoms with E-state index in [1.54, 1.807) is 24.3 Å². The maximum atomic E-state index is 13.6. The number of nitriles is 1. The second-order valence-electron chi connectivity index (χ2n) is 12.3. The van der Waals surface area contributed by atoms with Gasteiger partial charge in [-0.2, -0.15) is 5.26 Å². The number of hydrogen-bond acceptors (Lipinski definition) is 11. The Morgan fingerprint density at radius 3 is 2.09 bits per heavy atom. The predicted octanol–water partition coefficient (Wildman–Crippen LogP) is 10.6. The maximum Gasteiger partial charge on any atom is 0.316 e. The third kappa shape index (κ3) is 9.68. The SMILES string of the molecule is CCCOC(=S)SCC(=O)OCCCN1C(=O)C(=Cc2ccc(-c3ccc(-c4ccc(N(c5ccccc5)c5ccccc5)cc4)s3)s2)C(C)=C(C#N)C1=O. The van der Waals surface area contributed by atoms with Gasteiger partial charge in [-0.3, -0.25) is 19.3 Å². The number of rotatable bonds is 14. The smallest absolute Gasteiger partial charge is 0.316 e. The van der Waals surface area contributed by atoms with Gasteiger partial charge in [0, 0.05) is 48.7 Å². The number of thiocarbonyl (C=S) groups is 1. The molecule has 0 spiro atoms. The number of hydrogen-bond donors (Lipinski definition) is 0. The lowest BCUT2D eigenvalue weighted by atomic mass is 9.94. The Labute approximate surface area is 338 Å². The number of carbonyl (C=O) groups is 3. The van der Waals surface area contributed by atoms with Gasteiger partial charge in [-0.25, -0.2) is 0 Å². The third-order valence-corrected chi connectivity index (χ3v) is 12.1. The number of esters is 1. The van der Waals surface area contributed by atoms with Gasteiger partial charge in [0.15, 0.2) is 0 Å². The Kier molecular flexibility index (Phi) is 13.5. The van der Waals surface area contributed by atoms with Crippen LogP contribution in [0, 0.1) is 11.3 Å². The van der Waals surface area contributed by atoms with Gasteiger partial charge < -0.3 is 14.4 Å². The minimum absolute atomic E-state index is 0.00288. The van der Waals surface area contributed by atoms with E-state index in [1.165, 1.54) is 11.3 Å². The molecule has 2 amide bonds. The molecule has 0 fully saturated rings. The van der Waals surface area contributed by atoms with Crippen LogP contribution in [0.1, 0.15) is 31.6 Å². The molecule has 0 radical (unpaired) electrons. The van der Waals surface area contributed by atoms with Crippen molar-refractivity contribution < 1.29 is 23.9 Å². The fourth-order valence-corrected chi connectivity index (χ4v) is 8.63. The molecule has 5 aromatic rings. The van der Waals surface area contributed by atoms with Crippen LogP contribution >= 0.6 is 46.7 Å². The number of ether oxygens (including phenoxy) is 2. The molecule has 3 heterocycles. The molecule has 0 bridgehead atoms. The van der Waals surface area contributed by atoms with Crippen LogP contribution in [-0.4, -0.2) is 52.6 Å². The fraction of sp³-hybridized carbons (Fsp3) is 0.186. The van der Waals surface area contributed by atoms with Crippen LogP contribution in [-0.2, 0) is 23.9 Å². The van der Waals surface area contributed by atoms with Gasteiger partial charge in [-0.05, 0) is 110 Å². The molecule has 0 saturated heterocycles. The molecule has 0 saturated carbocycles. The first kappa shape index (κ1) is 39.4. The van der Waals surface area contributed by atoms with Crippen molar-refractivity contribution in [3.63, 3.8) is 0 Å². The first-order valence-electron chi connectivity index (χ1n) is 17.6. The number of carbonyl (C=O) groups excluding carboxylic acids is 3. The highest BCUT2D eigenvalue weighted by atomic mass is 32.2. The zero-order valence-corrected chi connectivity index (χ0v) is 33.5. The summed E-state index contributed by atoms with van der Waals surface area (Å²) in [6, 6.07) is 39.3. The zero-order valence-electron chi connectivity index (χ0n) is 30.2. The first-order chi connectivity index (χ1) is 26.8. The molecule has 0 atom stereocenters. The van der Waals surface area contributed by atoms with E-state index >= 15 is 0 Å². The maximum absolute atomic E-state index is 13.6. The molecule has 8 nitrogen and oxygen atoms in total. The normalized spacial score (nSPS) is 13.5. The molecule has 2 aromatic heterocycles. The van der Waals surface area contributed by atoms with Gasteiger partial charge in [0.1, 0.15) is 11.6 Å². The molecular formula is C43H37N3O5S4. The van der Waals surface area contributed by atoms with Gasteiger partial charge in [0.05, 0.1) is 19.0 Å². The summed E-state index contributed by atoms with van der Waals surface area (Å²) in [6.45, 7) is 4.07. The van der Waals surface area contributed by atoms with E-state index < -0.39 is 17.8 Å². The Balaban J connectivity index is 1.12. The Morgan fingerprint density at radius 1 is 0.818 bits per heavy atom. The van der Waals surface area contributed by atoms with Crippen LogP contribution in [0.5, 0.6) is 0 Å². The standard InChI is InChI=1S/C43H37N3O5S4/c1-3-24-51-43(52)53-28-40(47)50-25-10-23-45-41(48)35(29(2)36(27-44)42(45)49)26-34-19-20-38(54-34)39-22-21-37(55-39)30-15-17-33(18-16-30)46(31-11-6-4-7-12-31)32-13-8-5-9-14-32/h4-9,11-22,26H,3,10,23-25,28H2,1-2H3. The lowest BCUT2D eigenvalue weighted by molar-refractivity contribution is -0.141. The highest BCUT2D eigenvalue weighted by molar-refractivity contribution is 8.23. The average Bonchev–Trinajstić information content (AvgIpc) is 3.90. The first-order valence-corrected chi connectivity index (χ1v) is 20.6. The second-order valence-corrected chi connectivity index (χ2v) is 16.1. The summed E-state index contributed by atoms with van der Waals surface area (Å²) in [5.41, 5.74) is 4.87. The van der Waals surface area contributed by atoms with Gasteiger partial charge in [0.2, 0.25) is 4.38 Å². The Bertz CT molecular complexity index is 2230. The molecule has 0 unspecified atom stereocenters. The van der Waals surface area contributed by atoms with Crippen LogP contribution in [0.2, 0.25) is 0 Å². The van der Waals surface area contributed by atoms with Gasteiger partial charge in [-0.1, -0.05) is 67.2 Å². The van der Waals surface area contributed by atoms with Crippen molar-refractivity contribution in [3.8, 4) is 26.3 Å². The van der Waals surface area contributed by atoms with Crippen molar-refractivity contribution in [1.29, 1.82) is 5.26 Å². The van der Waals surface area contributed by atoms with E-state index in [1.807, 2.05) is 61.5 Å². The molecule has 3 aromatic carbocycles. The number of benzene rings is 3. The van der Waals surface area contributed by atoms with E-state index in [-0.39, 0.29) is 40.9 Å². The zero-order chi connectivity index (χ0) is 38.7. The number of thioether (sulfide) groups is 1. The molecule has 55 heavy (non-hydrogen) atoms. The Hall–Kier alpha value is -5.32. The van der Waals surface area contributed by atoms with E-state index in [4.69, 9.17) is 21.7 Å². The Morgan fingerprint density at radius 2 is 1.44 bits per heavy atom. The second kappa shape index (κ2) is 18.8. The largest absolute Gasteiger partial charge is 0.479 e. The predicted molar refractivity (Wildman–Crippen MR) is 228 cm³/mol. The number of thiophene rings is 2. The highest BCUT2D eigenvalue weighted by Gasteiger charge is 2.35. The van der Waals surface area contributed by atoms with Crippen molar-refractivity contribution in [2.75, 3.05) is 30.4 Å². The van der Waals surface area contributed by atoms with Crippen molar-refractivity contribution in [2.45, 2.75) is 26.7 Å². The van der Waals surface area contributed by atoms with E-state index in [0.717, 1.165) is 65.2 Å². The number of nitrogens with zero attached hydrogens (tertiary/aromatic N) is 3. The molecule has 6 rings (SSSR count). The third-order valence-electron chi connectivity index (χ3n) is 8.55.